The molecule has 6 heteroatoms. The van der Waals surface area contributed by atoms with Crippen molar-refractivity contribution < 1.29 is 4.79 Å². The maximum Gasteiger partial charge on any atom is 0.223 e. The topological polar surface area (TPSA) is 120 Å². The molecule has 0 radical (unpaired) electrons. The lowest BCUT2D eigenvalue weighted by Crippen LogP contribution is -2.27. The molecule has 1 aliphatic rings. The maximum atomic E-state index is 12.0. The van der Waals surface area contributed by atoms with E-state index in [0.29, 0.717) is 17.7 Å². The molecule has 6 N–H and O–H groups in total. The van der Waals surface area contributed by atoms with Crippen molar-refractivity contribution >= 4 is 23.4 Å². The van der Waals surface area contributed by atoms with Crippen LogP contribution in [0.1, 0.15) is 42.6 Å². The summed E-state index contributed by atoms with van der Waals surface area (Å²) in [5.41, 5.74) is 18.4. The Balaban J connectivity index is 2.44. The zero-order valence-corrected chi connectivity index (χ0v) is 11.7. The van der Waals surface area contributed by atoms with Gasteiger partial charge in [-0.3, -0.25) is 4.79 Å². The quantitative estimate of drug-likeness (QED) is 0.525. The van der Waals surface area contributed by atoms with Gasteiger partial charge in [0, 0.05) is 12.0 Å². The smallest absolute Gasteiger partial charge is 0.223 e. The average Bonchev–Trinajstić information content (AvgIpc) is 2.33. The Morgan fingerprint density at radius 1 is 1.25 bits per heavy atom. The van der Waals surface area contributed by atoms with E-state index in [2.05, 4.69) is 23.8 Å². The fraction of sp³-hybridized carbons (Fsp3) is 0.357. The van der Waals surface area contributed by atoms with Gasteiger partial charge >= 0.3 is 0 Å². The summed E-state index contributed by atoms with van der Waals surface area (Å²) in [6.07, 6.45) is 1.41. The second-order valence-corrected chi connectivity index (χ2v) is 5.54. The van der Waals surface area contributed by atoms with Gasteiger partial charge < -0.3 is 17.2 Å². The van der Waals surface area contributed by atoms with Gasteiger partial charge in [0.1, 0.15) is 0 Å². The molecular formula is C14H19N5O. The summed E-state index contributed by atoms with van der Waals surface area (Å²) >= 11 is 0. The molecular weight excluding hydrogens is 254 g/mol. The van der Waals surface area contributed by atoms with Gasteiger partial charge in [0.15, 0.2) is 11.7 Å². The van der Waals surface area contributed by atoms with Gasteiger partial charge in [0.2, 0.25) is 5.96 Å². The molecule has 0 spiro atoms. The fourth-order valence-electron chi connectivity index (χ4n) is 2.41. The molecule has 0 heterocycles. The zero-order chi connectivity index (χ0) is 14.9. The highest BCUT2D eigenvalue weighted by Crippen LogP contribution is 2.38. The molecule has 0 saturated carbocycles. The molecule has 6 nitrogen and oxygen atoms in total. The van der Waals surface area contributed by atoms with E-state index in [1.807, 2.05) is 12.1 Å². The number of carbonyl (C=O) groups is 1. The Hall–Kier alpha value is -2.37. The minimum atomic E-state index is -0.151. The highest BCUT2D eigenvalue weighted by molar-refractivity contribution is 6.00. The van der Waals surface area contributed by atoms with Crippen molar-refractivity contribution in [1.29, 1.82) is 0 Å². The van der Waals surface area contributed by atoms with Crippen molar-refractivity contribution in [3.8, 4) is 0 Å². The number of hydrogen-bond acceptors (Lipinski definition) is 2. The largest absolute Gasteiger partial charge is 0.370 e. The van der Waals surface area contributed by atoms with Crippen molar-refractivity contribution in [2.75, 3.05) is 0 Å². The molecule has 2 rings (SSSR count). The van der Waals surface area contributed by atoms with E-state index >= 15 is 0 Å². The summed E-state index contributed by atoms with van der Waals surface area (Å²) in [6.45, 7) is 4.27. The molecule has 0 saturated heterocycles. The Kier molecular flexibility index (Phi) is 3.48. The first-order valence-electron chi connectivity index (χ1n) is 6.41. The number of rotatable bonds is 1. The third kappa shape index (κ3) is 2.79. The minimum Gasteiger partial charge on any atom is -0.370 e. The summed E-state index contributed by atoms with van der Waals surface area (Å²) in [4.78, 5) is 19.8. The second-order valence-electron chi connectivity index (χ2n) is 5.54. The summed E-state index contributed by atoms with van der Waals surface area (Å²) in [5.74, 6) is -0.0503. The molecule has 20 heavy (non-hydrogen) atoms. The summed E-state index contributed by atoms with van der Waals surface area (Å²) in [6, 6.07) is 5.48. The summed E-state index contributed by atoms with van der Waals surface area (Å²) in [5, 5.41) is 0. The number of ketones is 1. The highest BCUT2D eigenvalue weighted by Gasteiger charge is 2.31. The normalized spacial score (nSPS) is 17.5. The van der Waals surface area contributed by atoms with Crippen LogP contribution in [0.3, 0.4) is 0 Å². The van der Waals surface area contributed by atoms with E-state index in [-0.39, 0.29) is 23.1 Å². The van der Waals surface area contributed by atoms with E-state index in [9.17, 15) is 4.79 Å². The standard InChI is InChI=1S/C14H19N5O/c1-14(2)6-5-11(20)9-7-8(3-4-10(9)14)18-13(17)19-12(15)16/h3-4,7H,5-6H2,1-2H3,(H6,15,16,17,18,19). The third-order valence-electron chi connectivity index (χ3n) is 3.50. The predicted octanol–water partition coefficient (Wildman–Crippen LogP) is 1.16. The summed E-state index contributed by atoms with van der Waals surface area (Å²) < 4.78 is 0. The molecule has 0 unspecified atom stereocenters. The van der Waals surface area contributed by atoms with E-state index < -0.39 is 0 Å². The molecule has 106 valence electrons. The lowest BCUT2D eigenvalue weighted by Gasteiger charge is -2.31. The van der Waals surface area contributed by atoms with Crippen LogP contribution < -0.4 is 17.2 Å². The van der Waals surface area contributed by atoms with Gasteiger partial charge in [-0.25, -0.2) is 4.99 Å². The number of benzene rings is 1. The lowest BCUT2D eigenvalue weighted by molar-refractivity contribution is 0.0957. The van der Waals surface area contributed by atoms with Crippen LogP contribution in [-0.4, -0.2) is 17.7 Å². The van der Waals surface area contributed by atoms with Crippen LogP contribution >= 0.6 is 0 Å². The Morgan fingerprint density at radius 2 is 1.95 bits per heavy atom. The highest BCUT2D eigenvalue weighted by atomic mass is 16.1. The first kappa shape index (κ1) is 14.0. The number of hydrogen-bond donors (Lipinski definition) is 3. The Labute approximate surface area is 117 Å². The number of fused-ring (bicyclic) bond motifs is 1. The van der Waals surface area contributed by atoms with E-state index in [0.717, 1.165) is 12.0 Å². The van der Waals surface area contributed by atoms with Crippen LogP contribution in [0.25, 0.3) is 0 Å². The van der Waals surface area contributed by atoms with Crippen LogP contribution in [-0.2, 0) is 5.41 Å². The molecule has 1 aliphatic carbocycles. The summed E-state index contributed by atoms with van der Waals surface area (Å²) in [7, 11) is 0. The van der Waals surface area contributed by atoms with Crippen LogP contribution in [0, 0.1) is 0 Å². The van der Waals surface area contributed by atoms with Crippen LogP contribution in [0.15, 0.2) is 28.2 Å². The minimum absolute atomic E-state index is 0.00310. The zero-order valence-electron chi connectivity index (χ0n) is 11.7. The molecule has 0 atom stereocenters. The number of guanidine groups is 2. The van der Waals surface area contributed by atoms with Crippen LogP contribution in [0.5, 0.6) is 0 Å². The molecule has 1 aromatic carbocycles. The van der Waals surface area contributed by atoms with Crippen molar-refractivity contribution in [3.05, 3.63) is 29.3 Å². The number of Topliss-reactive ketones (excluding diaryl/α,β-unsaturated/α-hetero) is 1. The number of nitrogens with two attached hydrogens (primary N) is 3. The van der Waals surface area contributed by atoms with Crippen molar-refractivity contribution in [2.45, 2.75) is 32.1 Å². The van der Waals surface area contributed by atoms with Crippen molar-refractivity contribution in [2.24, 2.45) is 27.2 Å². The van der Waals surface area contributed by atoms with E-state index in [4.69, 9.17) is 17.2 Å². The molecule has 0 aliphatic heterocycles. The second kappa shape index (κ2) is 4.96. The van der Waals surface area contributed by atoms with Gasteiger partial charge in [0.25, 0.3) is 0 Å². The van der Waals surface area contributed by atoms with Gasteiger partial charge in [-0.15, -0.1) is 0 Å². The predicted molar refractivity (Wildman–Crippen MR) is 80.1 cm³/mol. The van der Waals surface area contributed by atoms with Crippen LogP contribution in [0.4, 0.5) is 5.69 Å². The third-order valence-corrected chi connectivity index (χ3v) is 3.50. The van der Waals surface area contributed by atoms with E-state index in [1.54, 1.807) is 6.07 Å². The number of nitrogens with zero attached hydrogens (tertiary/aromatic N) is 2. The Morgan fingerprint density at radius 3 is 2.60 bits per heavy atom. The first-order valence-corrected chi connectivity index (χ1v) is 6.41. The SMILES string of the molecule is CC1(C)CCC(=O)c2cc(N=C(N)N=C(N)N)ccc21. The first-order chi connectivity index (χ1) is 9.29. The Bertz CT molecular complexity index is 612. The molecule has 0 fully saturated rings. The number of carbonyl (C=O) groups excluding carboxylic acids is 1. The van der Waals surface area contributed by atoms with Crippen molar-refractivity contribution in [3.63, 3.8) is 0 Å². The van der Waals surface area contributed by atoms with Gasteiger partial charge in [-0.05, 0) is 29.5 Å². The molecule has 0 bridgehead atoms. The van der Waals surface area contributed by atoms with Crippen LogP contribution in [0.2, 0.25) is 0 Å². The molecule has 0 amide bonds. The van der Waals surface area contributed by atoms with E-state index in [1.165, 1.54) is 0 Å². The van der Waals surface area contributed by atoms with Gasteiger partial charge in [0.05, 0.1) is 5.69 Å². The van der Waals surface area contributed by atoms with Gasteiger partial charge in [-0.1, -0.05) is 19.9 Å². The lowest BCUT2D eigenvalue weighted by atomic mass is 9.72. The molecule has 1 aromatic rings. The fourth-order valence-corrected chi connectivity index (χ4v) is 2.41. The number of aliphatic imine (C=N–C) groups is 2. The van der Waals surface area contributed by atoms with Gasteiger partial charge in [-0.2, -0.15) is 4.99 Å². The monoisotopic (exact) mass is 273 g/mol. The van der Waals surface area contributed by atoms with Crippen molar-refractivity contribution in [1.82, 2.24) is 0 Å². The molecule has 0 aromatic heterocycles. The maximum absolute atomic E-state index is 12.0. The average molecular weight is 273 g/mol.